The van der Waals surface area contributed by atoms with E-state index in [2.05, 4.69) is 10.3 Å². The van der Waals surface area contributed by atoms with Gasteiger partial charge in [-0.1, -0.05) is 12.1 Å². The second-order valence-electron chi connectivity index (χ2n) is 4.72. The first-order valence-corrected chi connectivity index (χ1v) is 7.46. The van der Waals surface area contributed by atoms with Crippen LogP contribution in [0.25, 0.3) is 11.3 Å². The highest BCUT2D eigenvalue weighted by Gasteiger charge is 2.07. The van der Waals surface area contributed by atoms with Gasteiger partial charge < -0.3 is 15.5 Å². The number of hydrogen-bond acceptors (Lipinski definition) is 5. The third-order valence-electron chi connectivity index (χ3n) is 3.13. The second-order valence-corrected chi connectivity index (χ2v) is 5.58. The average molecular weight is 316 g/mol. The molecule has 2 aromatic carbocycles. The van der Waals surface area contributed by atoms with Gasteiger partial charge in [0.05, 0.1) is 5.69 Å². The minimum Gasteiger partial charge on any atom is -0.504 e. The lowest BCUT2D eigenvalue weighted by Crippen LogP contribution is -1.98. The molecule has 0 spiro atoms. The topological polar surface area (TPSA) is 65.4 Å². The molecule has 1 heterocycles. The number of aromatic hydroxyl groups is 2. The molecule has 0 saturated heterocycles. The van der Waals surface area contributed by atoms with E-state index >= 15 is 0 Å². The Bertz CT molecular complexity index is 787. The summed E-state index contributed by atoms with van der Waals surface area (Å²) in [7, 11) is 0. The highest BCUT2D eigenvalue weighted by Crippen LogP contribution is 2.32. The highest BCUT2D eigenvalue weighted by atomic mass is 32.1. The van der Waals surface area contributed by atoms with Gasteiger partial charge in [-0.05, 0) is 35.9 Å². The number of phenolic OH excluding ortho intramolecular Hbond substituents is 2. The number of hydrogen-bond donors (Lipinski definition) is 3. The minimum absolute atomic E-state index is 0.159. The number of thiazole rings is 1. The maximum atomic E-state index is 12.8. The zero-order chi connectivity index (χ0) is 15.5. The maximum Gasteiger partial charge on any atom is 0.183 e. The quantitative estimate of drug-likeness (QED) is 0.637. The van der Waals surface area contributed by atoms with Gasteiger partial charge in [0, 0.05) is 17.5 Å². The van der Waals surface area contributed by atoms with E-state index in [1.54, 1.807) is 18.2 Å². The summed E-state index contributed by atoms with van der Waals surface area (Å²) in [6.45, 7) is 0.550. The fourth-order valence-corrected chi connectivity index (χ4v) is 2.67. The van der Waals surface area contributed by atoms with Crippen LogP contribution in [0.3, 0.4) is 0 Å². The van der Waals surface area contributed by atoms with Crippen molar-refractivity contribution in [1.82, 2.24) is 4.98 Å². The Morgan fingerprint density at radius 3 is 2.55 bits per heavy atom. The van der Waals surface area contributed by atoms with Crippen molar-refractivity contribution < 1.29 is 14.6 Å². The van der Waals surface area contributed by atoms with Crippen molar-refractivity contribution >= 4 is 16.5 Å². The van der Waals surface area contributed by atoms with E-state index in [0.717, 1.165) is 16.3 Å². The molecule has 112 valence electrons. The summed E-state index contributed by atoms with van der Waals surface area (Å²) in [6, 6.07) is 10.9. The van der Waals surface area contributed by atoms with Gasteiger partial charge in [0.1, 0.15) is 5.82 Å². The molecular formula is C16H13FN2O2S. The van der Waals surface area contributed by atoms with E-state index in [0.29, 0.717) is 12.2 Å². The van der Waals surface area contributed by atoms with Crippen molar-refractivity contribution in [3.63, 3.8) is 0 Å². The van der Waals surface area contributed by atoms with Crippen molar-refractivity contribution in [1.29, 1.82) is 0 Å². The monoisotopic (exact) mass is 316 g/mol. The van der Waals surface area contributed by atoms with E-state index in [1.165, 1.54) is 35.6 Å². The first-order chi connectivity index (χ1) is 10.6. The summed E-state index contributed by atoms with van der Waals surface area (Å²) in [6.07, 6.45) is 0. The molecule has 0 amide bonds. The van der Waals surface area contributed by atoms with Crippen LogP contribution in [0.2, 0.25) is 0 Å². The number of benzene rings is 2. The Morgan fingerprint density at radius 1 is 1.05 bits per heavy atom. The van der Waals surface area contributed by atoms with E-state index in [4.69, 9.17) is 0 Å². The molecule has 0 aliphatic rings. The van der Waals surface area contributed by atoms with E-state index in [-0.39, 0.29) is 17.3 Å². The molecule has 0 aliphatic carbocycles. The molecular weight excluding hydrogens is 303 g/mol. The molecule has 22 heavy (non-hydrogen) atoms. The lowest BCUT2D eigenvalue weighted by Gasteiger charge is -2.03. The molecule has 4 nitrogen and oxygen atoms in total. The first kappa shape index (κ1) is 14.3. The average Bonchev–Trinajstić information content (AvgIpc) is 2.98. The third kappa shape index (κ3) is 3.17. The highest BCUT2D eigenvalue weighted by molar-refractivity contribution is 7.14. The predicted octanol–water partition coefficient (Wildman–Crippen LogP) is 3.97. The van der Waals surface area contributed by atoms with Gasteiger partial charge in [-0.25, -0.2) is 9.37 Å². The summed E-state index contributed by atoms with van der Waals surface area (Å²) in [4.78, 5) is 4.42. The summed E-state index contributed by atoms with van der Waals surface area (Å²) in [5, 5.41) is 24.6. The zero-order valence-electron chi connectivity index (χ0n) is 11.5. The zero-order valence-corrected chi connectivity index (χ0v) is 12.3. The van der Waals surface area contributed by atoms with Crippen LogP contribution >= 0.6 is 11.3 Å². The van der Waals surface area contributed by atoms with E-state index < -0.39 is 0 Å². The summed E-state index contributed by atoms with van der Waals surface area (Å²) in [5.41, 5.74) is 2.39. The fraction of sp³-hybridized carbons (Fsp3) is 0.0625. The Morgan fingerprint density at radius 2 is 1.82 bits per heavy atom. The van der Waals surface area contributed by atoms with Crippen molar-refractivity contribution in [2.24, 2.45) is 0 Å². The van der Waals surface area contributed by atoms with E-state index in [1.807, 2.05) is 5.38 Å². The van der Waals surface area contributed by atoms with Gasteiger partial charge in [0.25, 0.3) is 0 Å². The van der Waals surface area contributed by atoms with Crippen molar-refractivity contribution in [2.45, 2.75) is 6.54 Å². The second kappa shape index (κ2) is 6.03. The van der Waals surface area contributed by atoms with Crippen molar-refractivity contribution in [3.05, 3.63) is 59.2 Å². The lowest BCUT2D eigenvalue weighted by atomic mass is 10.1. The normalized spacial score (nSPS) is 10.6. The Kier molecular flexibility index (Phi) is 3.93. The van der Waals surface area contributed by atoms with E-state index in [9.17, 15) is 14.6 Å². The number of phenols is 2. The molecule has 0 unspecified atom stereocenters. The molecule has 0 aliphatic heterocycles. The van der Waals surface area contributed by atoms with Crippen LogP contribution in [-0.2, 0) is 6.54 Å². The standard InChI is InChI=1S/C16H13FN2O2S/c17-12-4-1-10(2-5-12)8-18-16-19-13(9-22-16)11-3-6-14(20)15(21)7-11/h1-7,9,20-21H,8H2,(H,18,19). The molecule has 3 aromatic rings. The van der Waals surface area contributed by atoms with Crippen LogP contribution in [-0.4, -0.2) is 15.2 Å². The number of anilines is 1. The first-order valence-electron chi connectivity index (χ1n) is 6.58. The molecule has 6 heteroatoms. The molecule has 0 saturated carbocycles. The smallest absolute Gasteiger partial charge is 0.183 e. The number of rotatable bonds is 4. The largest absolute Gasteiger partial charge is 0.504 e. The molecule has 0 radical (unpaired) electrons. The van der Waals surface area contributed by atoms with Gasteiger partial charge in [-0.15, -0.1) is 11.3 Å². The van der Waals surface area contributed by atoms with Crippen LogP contribution < -0.4 is 5.32 Å². The summed E-state index contributed by atoms with van der Waals surface area (Å²) < 4.78 is 12.8. The molecule has 1 aromatic heterocycles. The van der Waals surface area contributed by atoms with Crippen molar-refractivity contribution in [3.8, 4) is 22.8 Å². The molecule has 0 bridgehead atoms. The maximum absolute atomic E-state index is 12.8. The van der Waals surface area contributed by atoms with Gasteiger partial charge >= 0.3 is 0 Å². The van der Waals surface area contributed by atoms with Crippen molar-refractivity contribution in [2.75, 3.05) is 5.32 Å². The van der Waals surface area contributed by atoms with Crippen LogP contribution in [0.5, 0.6) is 11.5 Å². The fourth-order valence-electron chi connectivity index (χ4n) is 1.95. The minimum atomic E-state index is -0.257. The van der Waals surface area contributed by atoms with Gasteiger partial charge in [0.2, 0.25) is 0 Å². The Balaban J connectivity index is 1.70. The van der Waals surface area contributed by atoms with Gasteiger partial charge in [-0.3, -0.25) is 0 Å². The number of halogens is 1. The Labute approximate surface area is 130 Å². The van der Waals surface area contributed by atoms with Gasteiger partial charge in [-0.2, -0.15) is 0 Å². The molecule has 3 N–H and O–H groups in total. The molecule has 0 fully saturated rings. The third-order valence-corrected chi connectivity index (χ3v) is 3.93. The number of aromatic nitrogens is 1. The van der Waals surface area contributed by atoms with Crippen LogP contribution in [0.15, 0.2) is 47.8 Å². The summed E-state index contributed by atoms with van der Waals surface area (Å²) >= 11 is 1.44. The summed E-state index contributed by atoms with van der Waals surface area (Å²) in [5.74, 6) is -0.590. The number of nitrogens with zero attached hydrogens (tertiary/aromatic N) is 1. The molecule has 3 rings (SSSR count). The van der Waals surface area contributed by atoms with Gasteiger partial charge in [0.15, 0.2) is 16.6 Å². The van der Waals surface area contributed by atoms with Crippen LogP contribution in [0.4, 0.5) is 9.52 Å². The SMILES string of the molecule is Oc1ccc(-c2csc(NCc3ccc(F)cc3)n2)cc1O. The lowest BCUT2D eigenvalue weighted by molar-refractivity contribution is 0.404. The predicted molar refractivity (Wildman–Crippen MR) is 84.6 cm³/mol. The number of nitrogens with one attached hydrogen (secondary N) is 1. The van der Waals surface area contributed by atoms with Crippen LogP contribution in [0, 0.1) is 5.82 Å². The Hall–Kier alpha value is -2.60. The molecule has 0 atom stereocenters. The van der Waals surface area contributed by atoms with Crippen LogP contribution in [0.1, 0.15) is 5.56 Å².